The van der Waals surface area contributed by atoms with Crippen molar-refractivity contribution in [1.29, 1.82) is 0 Å². The highest BCUT2D eigenvalue weighted by atomic mass is 35.5. The van der Waals surface area contributed by atoms with Gasteiger partial charge in [-0.15, -0.1) is 0 Å². The maximum atomic E-state index is 9.18. The topological polar surface area (TPSA) is 38.0 Å². The summed E-state index contributed by atoms with van der Waals surface area (Å²) < 4.78 is 0.963. The van der Waals surface area contributed by atoms with Crippen molar-refractivity contribution in [2.75, 3.05) is 0 Å². The molecule has 2 heterocycles. The predicted molar refractivity (Wildman–Crippen MR) is 41.9 cm³/mol. The number of halogens is 1. The summed E-state index contributed by atoms with van der Waals surface area (Å²) in [6.45, 7) is 0. The molecule has 0 aromatic carbocycles. The van der Waals surface area contributed by atoms with E-state index in [4.69, 9.17) is 11.6 Å². The van der Waals surface area contributed by atoms with Crippen molar-refractivity contribution in [3.05, 3.63) is 29.7 Å². The van der Waals surface area contributed by atoms with Gasteiger partial charge in [-0.05, 0) is 6.07 Å². The zero-order valence-corrected chi connectivity index (χ0v) is 6.28. The van der Waals surface area contributed by atoms with Crippen LogP contribution in [0.4, 0.5) is 0 Å². The summed E-state index contributed by atoms with van der Waals surface area (Å²) in [5, 5.41) is 10.5. The second-order valence-electron chi connectivity index (χ2n) is 2.21. The molecule has 0 amide bonds. The molecule has 0 aliphatic rings. The van der Waals surface area contributed by atoms with E-state index in [1.807, 2.05) is 0 Å². The largest absolute Gasteiger partial charge is 0.428 e. The lowest BCUT2D eigenvalue weighted by atomic mass is 10.3. The van der Waals surface area contributed by atoms with Crippen molar-refractivity contribution in [3.63, 3.8) is 0 Å². The van der Waals surface area contributed by atoms with Crippen LogP contribution in [0, 0.1) is 0 Å². The first-order chi connectivity index (χ1) is 5.29. The molecule has 0 bridgehead atoms. The Bertz CT molecular complexity index is 360. The van der Waals surface area contributed by atoms with Crippen LogP contribution in [0.2, 0.25) is 5.02 Å². The van der Waals surface area contributed by atoms with Crippen LogP contribution >= 0.6 is 11.6 Å². The summed E-state index contributed by atoms with van der Waals surface area (Å²) >= 11 is 5.77. The number of pyridine rings is 1. The number of hydrogen-bond acceptors (Lipinski definition) is 2. The van der Waals surface area contributed by atoms with Crippen molar-refractivity contribution < 1.29 is 5.21 Å². The lowest BCUT2D eigenvalue weighted by Crippen LogP contribution is -1.85. The first-order valence-corrected chi connectivity index (χ1v) is 3.46. The van der Waals surface area contributed by atoms with E-state index in [-0.39, 0.29) is 0 Å². The second kappa shape index (κ2) is 2.13. The lowest BCUT2D eigenvalue weighted by molar-refractivity contribution is 0.200. The minimum absolute atomic E-state index is 0.532. The quantitative estimate of drug-likeness (QED) is 0.611. The molecule has 4 heteroatoms. The monoisotopic (exact) mass is 168 g/mol. The third-order valence-corrected chi connectivity index (χ3v) is 1.84. The van der Waals surface area contributed by atoms with Gasteiger partial charge in [0, 0.05) is 11.6 Å². The summed E-state index contributed by atoms with van der Waals surface area (Å²) in [5.41, 5.74) is 0.623. The molecule has 0 fully saturated rings. The van der Waals surface area contributed by atoms with Crippen LogP contribution in [0.1, 0.15) is 0 Å². The molecular formula is C7H5ClN2O. The number of hydrogen-bond donors (Lipinski definition) is 1. The Hall–Kier alpha value is -1.22. The molecule has 0 aliphatic carbocycles. The van der Waals surface area contributed by atoms with E-state index in [0.717, 1.165) is 10.1 Å². The molecule has 0 saturated heterocycles. The Morgan fingerprint density at radius 2 is 2.36 bits per heavy atom. The highest BCUT2D eigenvalue weighted by Crippen LogP contribution is 2.22. The third-order valence-electron chi connectivity index (χ3n) is 1.54. The van der Waals surface area contributed by atoms with E-state index in [1.165, 1.54) is 6.20 Å². The molecule has 0 saturated carbocycles. The molecule has 1 N–H and O–H groups in total. The Morgan fingerprint density at radius 3 is 3.09 bits per heavy atom. The van der Waals surface area contributed by atoms with Gasteiger partial charge < -0.3 is 5.21 Å². The van der Waals surface area contributed by atoms with E-state index in [0.29, 0.717) is 10.5 Å². The first kappa shape index (κ1) is 6.49. The summed E-state index contributed by atoms with van der Waals surface area (Å²) in [6, 6.07) is 1.75. The fourth-order valence-electron chi connectivity index (χ4n) is 1.02. The SMILES string of the molecule is On1cc(Cl)c2ccncc21. The van der Waals surface area contributed by atoms with Crippen LogP contribution in [0.3, 0.4) is 0 Å². The van der Waals surface area contributed by atoms with E-state index >= 15 is 0 Å². The normalized spacial score (nSPS) is 10.6. The first-order valence-electron chi connectivity index (χ1n) is 3.09. The molecule has 0 aliphatic heterocycles. The summed E-state index contributed by atoms with van der Waals surface area (Å²) in [7, 11) is 0. The van der Waals surface area contributed by atoms with E-state index in [2.05, 4.69) is 4.98 Å². The number of nitrogens with zero attached hydrogens (tertiary/aromatic N) is 2. The summed E-state index contributed by atoms with van der Waals surface area (Å²) in [6.07, 6.45) is 4.63. The van der Waals surface area contributed by atoms with Crippen LogP contribution in [-0.4, -0.2) is 14.9 Å². The van der Waals surface area contributed by atoms with Gasteiger partial charge in [-0.25, -0.2) is 0 Å². The molecule has 0 spiro atoms. The van der Waals surface area contributed by atoms with Gasteiger partial charge in [0.25, 0.3) is 0 Å². The molecule has 0 radical (unpaired) electrons. The fourth-order valence-corrected chi connectivity index (χ4v) is 1.27. The van der Waals surface area contributed by atoms with Gasteiger partial charge in [-0.2, -0.15) is 4.73 Å². The zero-order chi connectivity index (χ0) is 7.84. The number of aromatic nitrogens is 2. The van der Waals surface area contributed by atoms with Gasteiger partial charge in [-0.1, -0.05) is 11.6 Å². The molecule has 11 heavy (non-hydrogen) atoms. The smallest absolute Gasteiger partial charge is 0.106 e. The van der Waals surface area contributed by atoms with Crippen molar-refractivity contribution >= 4 is 22.5 Å². The van der Waals surface area contributed by atoms with Gasteiger partial charge in [0.15, 0.2) is 0 Å². The highest BCUT2D eigenvalue weighted by molar-refractivity contribution is 6.35. The molecule has 0 atom stereocenters. The molecule has 56 valence electrons. The van der Waals surface area contributed by atoms with Crippen LogP contribution in [0.25, 0.3) is 10.9 Å². The van der Waals surface area contributed by atoms with E-state index < -0.39 is 0 Å². The third kappa shape index (κ3) is 0.851. The Labute approximate surface area is 67.8 Å². The average Bonchev–Trinajstić information content (AvgIpc) is 2.30. The maximum absolute atomic E-state index is 9.18. The fraction of sp³-hybridized carbons (Fsp3) is 0. The van der Waals surface area contributed by atoms with Crippen molar-refractivity contribution in [3.8, 4) is 0 Å². The van der Waals surface area contributed by atoms with Gasteiger partial charge in [0.2, 0.25) is 0 Å². The molecule has 3 nitrogen and oxygen atoms in total. The number of fused-ring (bicyclic) bond motifs is 1. The second-order valence-corrected chi connectivity index (χ2v) is 2.62. The lowest BCUT2D eigenvalue weighted by Gasteiger charge is -1.90. The predicted octanol–water partition coefficient (Wildman–Crippen LogP) is 1.93. The van der Waals surface area contributed by atoms with Crippen LogP contribution in [0.15, 0.2) is 24.7 Å². The summed E-state index contributed by atoms with van der Waals surface area (Å²) in [5.74, 6) is 0. The van der Waals surface area contributed by atoms with Crippen LogP contribution < -0.4 is 0 Å². The van der Waals surface area contributed by atoms with Gasteiger partial charge >= 0.3 is 0 Å². The molecule has 0 unspecified atom stereocenters. The molecule has 2 aromatic rings. The van der Waals surface area contributed by atoms with Crippen molar-refractivity contribution in [2.45, 2.75) is 0 Å². The van der Waals surface area contributed by atoms with Crippen LogP contribution in [0.5, 0.6) is 0 Å². The van der Waals surface area contributed by atoms with Crippen molar-refractivity contribution in [1.82, 2.24) is 9.71 Å². The highest BCUT2D eigenvalue weighted by Gasteiger charge is 2.03. The minimum Gasteiger partial charge on any atom is -0.428 e. The maximum Gasteiger partial charge on any atom is 0.106 e. The Balaban J connectivity index is 2.95. The van der Waals surface area contributed by atoms with Crippen molar-refractivity contribution in [2.24, 2.45) is 0 Å². The van der Waals surface area contributed by atoms with E-state index in [1.54, 1.807) is 18.5 Å². The molecular weight excluding hydrogens is 164 g/mol. The standard InChI is InChI=1S/C7H5ClN2O/c8-6-4-10(11)7-3-9-2-1-5(6)7/h1-4,11H. The Kier molecular flexibility index (Phi) is 1.26. The van der Waals surface area contributed by atoms with Gasteiger partial charge in [-0.3, -0.25) is 4.98 Å². The summed E-state index contributed by atoms with van der Waals surface area (Å²) in [4.78, 5) is 3.85. The Morgan fingerprint density at radius 1 is 1.55 bits per heavy atom. The zero-order valence-electron chi connectivity index (χ0n) is 5.53. The van der Waals surface area contributed by atoms with Gasteiger partial charge in [0.1, 0.15) is 5.52 Å². The minimum atomic E-state index is 0.532. The molecule has 2 rings (SSSR count). The number of rotatable bonds is 0. The van der Waals surface area contributed by atoms with E-state index in [9.17, 15) is 5.21 Å². The van der Waals surface area contributed by atoms with Gasteiger partial charge in [0.05, 0.1) is 17.4 Å². The molecule has 2 aromatic heterocycles. The van der Waals surface area contributed by atoms with Crippen LogP contribution in [-0.2, 0) is 0 Å². The average molecular weight is 169 g/mol.